The molecule has 0 heterocycles. The van der Waals surface area contributed by atoms with E-state index >= 15 is 0 Å². The van der Waals surface area contributed by atoms with Gasteiger partial charge < -0.3 is 4.74 Å². The molecule has 16 heavy (non-hydrogen) atoms. The van der Waals surface area contributed by atoms with E-state index in [-0.39, 0.29) is 17.9 Å². The van der Waals surface area contributed by atoms with Crippen LogP contribution in [0.5, 0.6) is 5.75 Å². The topological polar surface area (TPSA) is 26.3 Å². The summed E-state index contributed by atoms with van der Waals surface area (Å²) in [6.45, 7) is 1.04. The summed E-state index contributed by atoms with van der Waals surface area (Å²) in [4.78, 5) is 8.42. The monoisotopic (exact) mass is 262 g/mol. The fraction of sp³-hybridized carbons (Fsp3) is 0.125. The van der Waals surface area contributed by atoms with Crippen LogP contribution in [0.3, 0.4) is 0 Å². The zero-order valence-corrected chi connectivity index (χ0v) is 8.74. The van der Waals surface area contributed by atoms with Gasteiger partial charge in [0.05, 0.1) is 0 Å². The van der Waals surface area contributed by atoms with Crippen LogP contribution in [0.1, 0.15) is 6.92 Å². The van der Waals surface area contributed by atoms with Crippen molar-refractivity contribution in [2.45, 2.75) is 11.8 Å². The largest absolute Gasteiger partial charge is 0.427 e. The molecule has 0 aliphatic heterocycles. The van der Waals surface area contributed by atoms with Crippen LogP contribution in [0.4, 0.5) is 19.4 Å². The van der Waals surface area contributed by atoms with Crippen molar-refractivity contribution >= 4 is 16.2 Å². The van der Waals surface area contributed by atoms with E-state index in [0.717, 1.165) is 6.92 Å². The first-order valence-corrected chi connectivity index (χ1v) is 5.86. The summed E-state index contributed by atoms with van der Waals surface area (Å²) in [7, 11) is -9.64. The summed E-state index contributed by atoms with van der Waals surface area (Å²) in [5.74, 6) is -0.974. The lowest BCUT2D eigenvalue weighted by atomic mass is 10.3. The number of rotatable bonds is 2. The minimum absolute atomic E-state index is 0.180. The first kappa shape index (κ1) is 12.8. The second kappa shape index (κ2) is 2.88. The molecule has 0 unspecified atom stereocenters. The van der Waals surface area contributed by atoms with Crippen LogP contribution in [-0.4, -0.2) is 5.97 Å². The molecule has 1 rings (SSSR count). The number of hydrogen-bond donors (Lipinski definition) is 0. The minimum Gasteiger partial charge on any atom is -0.427 e. The molecule has 2 nitrogen and oxygen atoms in total. The molecule has 0 aliphatic carbocycles. The second-order valence-corrected chi connectivity index (χ2v) is 5.44. The maximum Gasteiger partial charge on any atom is 0.310 e. The highest BCUT2D eigenvalue weighted by molar-refractivity contribution is 8.45. The normalized spacial score (nSPS) is 16.1. The van der Waals surface area contributed by atoms with E-state index in [1.165, 1.54) is 0 Å². The van der Waals surface area contributed by atoms with E-state index in [4.69, 9.17) is 0 Å². The van der Waals surface area contributed by atoms with Crippen molar-refractivity contribution in [3.63, 3.8) is 0 Å². The Labute approximate surface area is 87.7 Å². The number of benzene rings is 1. The van der Waals surface area contributed by atoms with Gasteiger partial charge in [0.15, 0.2) is 0 Å². The average molecular weight is 262 g/mol. The Bertz CT molecular complexity index is 421. The molecule has 0 saturated heterocycles. The minimum atomic E-state index is -9.64. The average Bonchev–Trinajstić information content (AvgIpc) is 1.99. The van der Waals surface area contributed by atoms with E-state index in [1.807, 2.05) is 0 Å². The summed E-state index contributed by atoms with van der Waals surface area (Å²) in [6, 6.07) is 1.68. The van der Waals surface area contributed by atoms with Gasteiger partial charge in [0.25, 0.3) is 0 Å². The molecule has 0 amide bonds. The maximum atomic E-state index is 12.2. The number of hydrogen-bond acceptors (Lipinski definition) is 2. The van der Waals surface area contributed by atoms with Crippen molar-refractivity contribution in [1.29, 1.82) is 0 Å². The Kier molecular flexibility index (Phi) is 2.29. The van der Waals surface area contributed by atoms with Gasteiger partial charge in [-0.25, -0.2) is 0 Å². The Morgan fingerprint density at radius 2 is 1.50 bits per heavy atom. The van der Waals surface area contributed by atoms with Crippen LogP contribution in [0.15, 0.2) is 29.2 Å². The van der Waals surface area contributed by atoms with Crippen LogP contribution in [0.25, 0.3) is 0 Å². The third kappa shape index (κ3) is 3.37. The first-order chi connectivity index (χ1) is 6.88. The summed E-state index contributed by atoms with van der Waals surface area (Å²) >= 11 is 0. The molecule has 0 spiro atoms. The number of halogens is 5. The van der Waals surface area contributed by atoms with Crippen molar-refractivity contribution in [2.75, 3.05) is 0 Å². The standard InChI is InChI=1S/C8H7F5O2S/c1-6(14)15-7-2-4-8(5-3-7)16(9,10,11,12)13/h2-5H,1H3. The molecule has 0 atom stereocenters. The molecule has 0 saturated carbocycles. The Morgan fingerprint density at radius 1 is 1.06 bits per heavy atom. The Morgan fingerprint density at radius 3 is 1.81 bits per heavy atom. The number of ether oxygens (including phenoxy) is 1. The summed E-state index contributed by atoms with van der Waals surface area (Å²) in [5.41, 5.74) is 0. The second-order valence-electron chi connectivity index (χ2n) is 3.03. The van der Waals surface area contributed by atoms with Crippen molar-refractivity contribution < 1.29 is 29.0 Å². The van der Waals surface area contributed by atoms with E-state index in [9.17, 15) is 24.2 Å². The van der Waals surface area contributed by atoms with Crippen molar-refractivity contribution in [2.24, 2.45) is 0 Å². The lowest BCUT2D eigenvalue weighted by Crippen LogP contribution is -2.06. The lowest BCUT2D eigenvalue weighted by Gasteiger charge is -2.40. The first-order valence-electron chi connectivity index (χ1n) is 3.91. The van der Waals surface area contributed by atoms with E-state index in [1.54, 1.807) is 0 Å². The van der Waals surface area contributed by atoms with Gasteiger partial charge in [-0.3, -0.25) is 4.79 Å². The fourth-order valence-electron chi connectivity index (χ4n) is 0.931. The van der Waals surface area contributed by atoms with Crippen LogP contribution in [-0.2, 0) is 4.79 Å². The van der Waals surface area contributed by atoms with Gasteiger partial charge in [0, 0.05) is 6.92 Å². The Balaban J connectivity index is 3.11. The quantitative estimate of drug-likeness (QED) is 0.452. The van der Waals surface area contributed by atoms with Crippen LogP contribution >= 0.6 is 10.2 Å². The van der Waals surface area contributed by atoms with Gasteiger partial charge in [0.2, 0.25) is 0 Å². The lowest BCUT2D eigenvalue weighted by molar-refractivity contribution is -0.131. The highest BCUT2D eigenvalue weighted by atomic mass is 32.5. The highest BCUT2D eigenvalue weighted by Gasteiger charge is 2.65. The molecule has 0 bridgehead atoms. The van der Waals surface area contributed by atoms with Gasteiger partial charge in [-0.1, -0.05) is 19.4 Å². The Hall–Kier alpha value is -1.31. The highest BCUT2D eigenvalue weighted by Crippen LogP contribution is 3.02. The molecule has 0 radical (unpaired) electrons. The van der Waals surface area contributed by atoms with Crippen LogP contribution < -0.4 is 4.74 Å². The number of esters is 1. The molecule has 92 valence electrons. The van der Waals surface area contributed by atoms with Gasteiger partial charge in [-0.15, -0.1) is 0 Å². The third-order valence-electron chi connectivity index (χ3n) is 1.53. The van der Waals surface area contributed by atoms with Crippen molar-refractivity contribution in [3.8, 4) is 5.75 Å². The van der Waals surface area contributed by atoms with E-state index in [0.29, 0.717) is 12.1 Å². The predicted molar refractivity (Wildman–Crippen MR) is 49.1 cm³/mol. The van der Waals surface area contributed by atoms with Gasteiger partial charge in [-0.2, -0.15) is 0 Å². The van der Waals surface area contributed by atoms with Crippen molar-refractivity contribution in [1.82, 2.24) is 0 Å². The van der Waals surface area contributed by atoms with Gasteiger partial charge in [0.1, 0.15) is 10.6 Å². The zero-order valence-electron chi connectivity index (χ0n) is 7.92. The van der Waals surface area contributed by atoms with Crippen molar-refractivity contribution in [3.05, 3.63) is 24.3 Å². The molecular formula is C8H7F5O2S. The van der Waals surface area contributed by atoms with E-state index < -0.39 is 21.1 Å². The molecular weight excluding hydrogens is 255 g/mol. The smallest absolute Gasteiger partial charge is 0.310 e. The zero-order chi connectivity index (χ0) is 12.7. The fourth-order valence-corrected chi connectivity index (χ4v) is 1.58. The maximum absolute atomic E-state index is 12.2. The molecule has 1 aromatic rings. The van der Waals surface area contributed by atoms with E-state index in [2.05, 4.69) is 4.74 Å². The molecule has 0 aromatic heterocycles. The predicted octanol–water partition coefficient (Wildman–Crippen LogP) is 4.27. The SMILES string of the molecule is CC(=O)Oc1ccc(S(F)(F)(F)(F)F)cc1. The van der Waals surface area contributed by atoms with Gasteiger partial charge >= 0.3 is 16.2 Å². The number of carbonyl (C=O) groups excluding carboxylic acids is 1. The molecule has 1 aromatic carbocycles. The summed E-state index contributed by atoms with van der Waals surface area (Å²) in [5, 5.41) is 0. The molecule has 0 N–H and O–H groups in total. The third-order valence-corrected chi connectivity index (χ3v) is 2.69. The van der Waals surface area contributed by atoms with Crippen LogP contribution in [0.2, 0.25) is 0 Å². The molecule has 8 heteroatoms. The molecule has 0 fully saturated rings. The van der Waals surface area contributed by atoms with Gasteiger partial charge in [-0.05, 0) is 24.3 Å². The van der Waals surface area contributed by atoms with Crippen LogP contribution in [0, 0.1) is 0 Å². The molecule has 0 aliphatic rings. The number of carbonyl (C=O) groups is 1. The summed E-state index contributed by atoms with van der Waals surface area (Å²) < 4.78 is 65.6. The summed E-state index contributed by atoms with van der Waals surface area (Å²) in [6.07, 6.45) is 0.